The van der Waals surface area contributed by atoms with Crippen molar-refractivity contribution in [1.29, 1.82) is 0 Å². The van der Waals surface area contributed by atoms with Crippen LogP contribution in [0.1, 0.15) is 40.7 Å². The molecule has 1 aromatic heterocycles. The van der Waals surface area contributed by atoms with E-state index in [4.69, 9.17) is 4.74 Å². The summed E-state index contributed by atoms with van der Waals surface area (Å²) in [6.45, 7) is 3.02. The first-order valence-electron chi connectivity index (χ1n) is 12.0. The molecular formula is C27H26N4O4. The highest BCUT2D eigenvalue weighted by atomic mass is 16.5. The minimum absolute atomic E-state index is 0.0820. The number of hydrogen-bond donors (Lipinski definition) is 1. The van der Waals surface area contributed by atoms with Gasteiger partial charge in [-0.25, -0.2) is 0 Å². The van der Waals surface area contributed by atoms with Crippen LogP contribution in [-0.2, 0) is 22.7 Å². The first kappa shape index (κ1) is 21.7. The predicted molar refractivity (Wildman–Crippen MR) is 129 cm³/mol. The number of aromatic nitrogens is 1. The molecule has 0 saturated carbocycles. The van der Waals surface area contributed by atoms with E-state index in [9.17, 15) is 14.4 Å². The molecule has 4 heterocycles. The summed E-state index contributed by atoms with van der Waals surface area (Å²) in [6.07, 6.45) is 3.44. The molecule has 1 N–H and O–H groups in total. The van der Waals surface area contributed by atoms with Gasteiger partial charge in [0.15, 0.2) is 0 Å². The molecule has 2 aromatic carbocycles. The zero-order chi connectivity index (χ0) is 23.9. The van der Waals surface area contributed by atoms with Crippen LogP contribution < -0.4 is 10.1 Å². The molecule has 3 amide bonds. The van der Waals surface area contributed by atoms with E-state index in [0.717, 1.165) is 48.3 Å². The van der Waals surface area contributed by atoms with Gasteiger partial charge in [0.05, 0.1) is 5.52 Å². The monoisotopic (exact) mass is 470 g/mol. The molecule has 8 heteroatoms. The Hall–Kier alpha value is -3.78. The van der Waals surface area contributed by atoms with Crippen molar-refractivity contribution in [2.75, 3.05) is 13.1 Å². The second-order valence-electron chi connectivity index (χ2n) is 9.51. The third-order valence-electron chi connectivity index (χ3n) is 7.10. The number of hydrogen-bond acceptors (Lipinski definition) is 6. The Kier molecular flexibility index (Phi) is 5.45. The highest BCUT2D eigenvalue weighted by molar-refractivity contribution is 6.05. The summed E-state index contributed by atoms with van der Waals surface area (Å²) < 4.78 is 6.28. The van der Waals surface area contributed by atoms with Crippen molar-refractivity contribution in [2.24, 2.45) is 0 Å². The number of rotatable bonds is 5. The zero-order valence-corrected chi connectivity index (χ0v) is 19.3. The van der Waals surface area contributed by atoms with E-state index in [-0.39, 0.29) is 24.3 Å². The van der Waals surface area contributed by atoms with Crippen LogP contribution in [0.25, 0.3) is 10.9 Å². The summed E-state index contributed by atoms with van der Waals surface area (Å²) in [5.74, 6) is -0.106. The number of amides is 3. The van der Waals surface area contributed by atoms with Crippen LogP contribution in [0.3, 0.4) is 0 Å². The average Bonchev–Trinajstić information content (AvgIpc) is 3.42. The topological polar surface area (TPSA) is 91.8 Å². The van der Waals surface area contributed by atoms with Gasteiger partial charge >= 0.3 is 0 Å². The number of nitrogens with one attached hydrogen (secondary N) is 1. The summed E-state index contributed by atoms with van der Waals surface area (Å²) in [5, 5.41) is 3.49. The molecule has 2 atom stereocenters. The Bertz CT molecular complexity index is 1340. The molecule has 3 aliphatic rings. The number of piperidine rings is 1. The van der Waals surface area contributed by atoms with Crippen molar-refractivity contribution in [1.82, 2.24) is 20.1 Å². The lowest BCUT2D eigenvalue weighted by Crippen LogP contribution is -2.52. The Labute approximate surface area is 202 Å². The molecule has 0 bridgehead atoms. The first-order valence-corrected chi connectivity index (χ1v) is 12.0. The van der Waals surface area contributed by atoms with Crippen molar-refractivity contribution >= 4 is 28.6 Å². The van der Waals surface area contributed by atoms with E-state index >= 15 is 0 Å². The molecule has 0 aliphatic carbocycles. The molecular weight excluding hydrogens is 444 g/mol. The maximum Gasteiger partial charge on any atom is 0.255 e. The lowest BCUT2D eigenvalue weighted by Gasteiger charge is -2.29. The third-order valence-corrected chi connectivity index (χ3v) is 7.10. The number of benzene rings is 2. The molecule has 178 valence electrons. The van der Waals surface area contributed by atoms with E-state index in [1.807, 2.05) is 24.4 Å². The molecule has 2 fully saturated rings. The number of nitrogens with zero attached hydrogens (tertiary/aromatic N) is 3. The second-order valence-corrected chi connectivity index (χ2v) is 9.51. The Morgan fingerprint density at radius 3 is 2.86 bits per heavy atom. The number of imide groups is 1. The highest BCUT2D eigenvalue weighted by Crippen LogP contribution is 2.31. The lowest BCUT2D eigenvalue weighted by molar-refractivity contribution is -0.136. The number of ether oxygens (including phenoxy) is 1. The van der Waals surface area contributed by atoms with Crippen molar-refractivity contribution in [2.45, 2.75) is 44.5 Å². The standard InChI is InChI=1S/C27H26N4O4/c32-25-8-7-24(26(33)29-25)31-15-19-13-20(4-5-22(19)27(31)34)35-21-9-11-30(16-21)14-17-3-6-23-18(12-17)2-1-10-28-23/h1-6,10,12-13,21,24H,7-9,11,14-16H2,(H,29,32,33). The fourth-order valence-corrected chi connectivity index (χ4v) is 5.34. The Morgan fingerprint density at radius 1 is 1.06 bits per heavy atom. The molecule has 2 saturated heterocycles. The summed E-state index contributed by atoms with van der Waals surface area (Å²) >= 11 is 0. The van der Waals surface area contributed by atoms with Gasteiger partial charge in [-0.3, -0.25) is 29.6 Å². The number of likely N-dealkylation sites (tertiary alicyclic amines) is 1. The maximum atomic E-state index is 12.9. The molecule has 6 rings (SSSR count). The van der Waals surface area contributed by atoms with Crippen molar-refractivity contribution < 1.29 is 19.1 Å². The molecule has 8 nitrogen and oxygen atoms in total. The second kappa shape index (κ2) is 8.78. The van der Waals surface area contributed by atoms with Gasteiger partial charge < -0.3 is 9.64 Å². The minimum Gasteiger partial charge on any atom is -0.489 e. The number of pyridine rings is 1. The molecule has 3 aromatic rings. The summed E-state index contributed by atoms with van der Waals surface area (Å²) in [7, 11) is 0. The summed E-state index contributed by atoms with van der Waals surface area (Å²) in [4.78, 5) is 44.9. The molecule has 35 heavy (non-hydrogen) atoms. The number of carbonyl (C=O) groups is 3. The van der Waals surface area contributed by atoms with E-state index in [0.29, 0.717) is 18.5 Å². The van der Waals surface area contributed by atoms with Crippen LogP contribution >= 0.6 is 0 Å². The maximum absolute atomic E-state index is 12.9. The molecule has 3 aliphatic heterocycles. The zero-order valence-electron chi connectivity index (χ0n) is 19.3. The average molecular weight is 471 g/mol. The molecule has 2 unspecified atom stereocenters. The van der Waals surface area contributed by atoms with Gasteiger partial charge in [0.1, 0.15) is 17.9 Å². The van der Waals surface area contributed by atoms with Crippen LogP contribution in [-0.4, -0.2) is 57.7 Å². The fourth-order valence-electron chi connectivity index (χ4n) is 5.34. The minimum atomic E-state index is -0.605. The van der Waals surface area contributed by atoms with Crippen molar-refractivity contribution in [3.05, 3.63) is 71.4 Å². The van der Waals surface area contributed by atoms with Crippen LogP contribution in [0.4, 0.5) is 0 Å². The lowest BCUT2D eigenvalue weighted by atomic mass is 10.0. The molecule has 0 spiro atoms. The largest absolute Gasteiger partial charge is 0.489 e. The SMILES string of the molecule is O=C1CCC(N2Cc3cc(OC4CCN(Cc5ccc6ncccc6c5)C4)ccc3C2=O)C(=O)N1. The van der Waals surface area contributed by atoms with Crippen molar-refractivity contribution in [3.8, 4) is 5.75 Å². The summed E-state index contributed by atoms with van der Waals surface area (Å²) in [6, 6.07) is 15.4. The van der Waals surface area contributed by atoms with Crippen LogP contribution in [0.2, 0.25) is 0 Å². The van der Waals surface area contributed by atoms with Gasteiger partial charge in [0.25, 0.3) is 5.91 Å². The third kappa shape index (κ3) is 4.25. The van der Waals surface area contributed by atoms with Crippen molar-refractivity contribution in [3.63, 3.8) is 0 Å². The van der Waals surface area contributed by atoms with Gasteiger partial charge in [-0.15, -0.1) is 0 Å². The normalized spacial score (nSPS) is 22.5. The van der Waals surface area contributed by atoms with E-state index < -0.39 is 11.9 Å². The Balaban J connectivity index is 1.08. The molecule has 0 radical (unpaired) electrons. The van der Waals surface area contributed by atoms with Gasteiger partial charge in [0.2, 0.25) is 11.8 Å². The van der Waals surface area contributed by atoms with Gasteiger partial charge in [-0.2, -0.15) is 0 Å². The quantitative estimate of drug-likeness (QED) is 0.577. The predicted octanol–water partition coefficient (Wildman–Crippen LogP) is 2.65. The van der Waals surface area contributed by atoms with E-state index in [1.54, 1.807) is 11.0 Å². The van der Waals surface area contributed by atoms with Crippen LogP contribution in [0.5, 0.6) is 5.75 Å². The van der Waals surface area contributed by atoms with Gasteiger partial charge in [0, 0.05) is 49.7 Å². The van der Waals surface area contributed by atoms with Crippen LogP contribution in [0.15, 0.2) is 54.7 Å². The smallest absolute Gasteiger partial charge is 0.255 e. The Morgan fingerprint density at radius 2 is 1.97 bits per heavy atom. The highest BCUT2D eigenvalue weighted by Gasteiger charge is 2.39. The number of carbonyl (C=O) groups excluding carboxylic acids is 3. The summed E-state index contributed by atoms with van der Waals surface area (Å²) in [5.41, 5.74) is 3.72. The van der Waals surface area contributed by atoms with Gasteiger partial charge in [-0.1, -0.05) is 12.1 Å². The number of fused-ring (bicyclic) bond motifs is 2. The first-order chi connectivity index (χ1) is 17.0. The van der Waals surface area contributed by atoms with Crippen LogP contribution in [0, 0.1) is 0 Å². The fraction of sp³-hybridized carbons (Fsp3) is 0.333. The van der Waals surface area contributed by atoms with E-state index in [1.165, 1.54) is 5.56 Å². The van der Waals surface area contributed by atoms with Gasteiger partial charge in [-0.05, 0) is 60.4 Å². The van der Waals surface area contributed by atoms with E-state index in [2.05, 4.69) is 39.5 Å².